The van der Waals surface area contributed by atoms with E-state index in [1.54, 1.807) is 12.4 Å². The number of nitrogens with one attached hydrogen (secondary N) is 1. The first kappa shape index (κ1) is 16.5. The van der Waals surface area contributed by atoms with Crippen LogP contribution < -0.4 is 10.1 Å². The Bertz CT molecular complexity index is 680. The summed E-state index contributed by atoms with van der Waals surface area (Å²) in [6.07, 6.45) is 3.51. The molecule has 1 fully saturated rings. The SMILES string of the molecule is C[C@@H]1CN(C(=O)c2cccc(OCc3cccnc3)c2)C[C@@H](C)N1. The number of carbonyl (C=O) groups is 1. The molecule has 1 amide bonds. The number of rotatable bonds is 4. The topological polar surface area (TPSA) is 54.5 Å². The number of ether oxygens (including phenoxy) is 1. The van der Waals surface area contributed by atoms with Crippen LogP contribution in [-0.4, -0.2) is 41.0 Å². The average molecular weight is 325 g/mol. The van der Waals surface area contributed by atoms with Crippen molar-refractivity contribution in [3.63, 3.8) is 0 Å². The van der Waals surface area contributed by atoms with Crippen LogP contribution in [0.4, 0.5) is 0 Å². The Morgan fingerprint density at radius 3 is 2.75 bits per heavy atom. The number of carbonyl (C=O) groups excluding carboxylic acids is 1. The molecule has 1 N–H and O–H groups in total. The molecule has 24 heavy (non-hydrogen) atoms. The summed E-state index contributed by atoms with van der Waals surface area (Å²) in [5, 5.41) is 3.44. The van der Waals surface area contributed by atoms with Crippen LogP contribution in [0.1, 0.15) is 29.8 Å². The molecule has 1 aromatic heterocycles. The fourth-order valence-electron chi connectivity index (χ4n) is 3.04. The zero-order chi connectivity index (χ0) is 16.9. The number of hydrogen-bond donors (Lipinski definition) is 1. The van der Waals surface area contributed by atoms with E-state index in [4.69, 9.17) is 4.74 Å². The minimum absolute atomic E-state index is 0.0574. The molecule has 126 valence electrons. The molecular weight excluding hydrogens is 302 g/mol. The van der Waals surface area contributed by atoms with E-state index in [9.17, 15) is 4.79 Å². The number of aromatic nitrogens is 1. The van der Waals surface area contributed by atoms with Gasteiger partial charge in [0.2, 0.25) is 0 Å². The summed E-state index contributed by atoms with van der Waals surface area (Å²) in [7, 11) is 0. The fraction of sp³-hybridized carbons (Fsp3) is 0.368. The van der Waals surface area contributed by atoms with E-state index >= 15 is 0 Å². The van der Waals surface area contributed by atoms with Gasteiger partial charge >= 0.3 is 0 Å². The highest BCUT2D eigenvalue weighted by molar-refractivity contribution is 5.94. The number of pyridine rings is 1. The van der Waals surface area contributed by atoms with Crippen LogP contribution >= 0.6 is 0 Å². The summed E-state index contributed by atoms with van der Waals surface area (Å²) in [6.45, 7) is 6.09. The molecular formula is C19H23N3O2. The number of nitrogens with zero attached hydrogens (tertiary/aromatic N) is 2. The van der Waals surface area contributed by atoms with Crippen molar-refractivity contribution in [2.75, 3.05) is 13.1 Å². The lowest BCUT2D eigenvalue weighted by Crippen LogP contribution is -2.55. The van der Waals surface area contributed by atoms with Gasteiger partial charge in [-0.25, -0.2) is 0 Å². The Kier molecular flexibility index (Phi) is 5.11. The predicted octanol–water partition coefficient (Wildman–Crippen LogP) is 2.48. The summed E-state index contributed by atoms with van der Waals surface area (Å²) < 4.78 is 5.79. The maximum absolute atomic E-state index is 12.7. The second kappa shape index (κ2) is 7.45. The van der Waals surface area contributed by atoms with Gasteiger partial charge in [0.25, 0.3) is 5.91 Å². The number of amides is 1. The van der Waals surface area contributed by atoms with Gasteiger partial charge in [-0.2, -0.15) is 0 Å². The lowest BCUT2D eigenvalue weighted by atomic mass is 10.1. The second-order valence-electron chi connectivity index (χ2n) is 6.36. The van der Waals surface area contributed by atoms with Crippen molar-refractivity contribution in [2.24, 2.45) is 0 Å². The van der Waals surface area contributed by atoms with Crippen molar-refractivity contribution < 1.29 is 9.53 Å². The number of piperazine rings is 1. The van der Waals surface area contributed by atoms with Crippen LogP contribution in [0.25, 0.3) is 0 Å². The van der Waals surface area contributed by atoms with E-state index in [1.807, 2.05) is 41.3 Å². The molecule has 2 atom stereocenters. The van der Waals surface area contributed by atoms with Gasteiger partial charge in [-0.15, -0.1) is 0 Å². The van der Waals surface area contributed by atoms with Gasteiger partial charge in [0.1, 0.15) is 12.4 Å². The minimum Gasteiger partial charge on any atom is -0.489 e. The van der Waals surface area contributed by atoms with Gasteiger partial charge in [0.05, 0.1) is 0 Å². The first-order valence-corrected chi connectivity index (χ1v) is 8.29. The first-order chi connectivity index (χ1) is 11.6. The van der Waals surface area contributed by atoms with Crippen molar-refractivity contribution in [1.29, 1.82) is 0 Å². The molecule has 0 bridgehead atoms. The van der Waals surface area contributed by atoms with E-state index in [0.29, 0.717) is 30.0 Å². The van der Waals surface area contributed by atoms with E-state index in [-0.39, 0.29) is 5.91 Å². The van der Waals surface area contributed by atoms with Crippen LogP contribution in [0.5, 0.6) is 5.75 Å². The third-order valence-electron chi connectivity index (χ3n) is 4.05. The van der Waals surface area contributed by atoms with Crippen LogP contribution in [0.2, 0.25) is 0 Å². The molecule has 1 aromatic carbocycles. The summed E-state index contributed by atoms with van der Waals surface area (Å²) >= 11 is 0. The standard InChI is InChI=1S/C19H23N3O2/c1-14-11-22(12-15(2)21-14)19(23)17-6-3-7-18(9-17)24-13-16-5-4-8-20-10-16/h3-10,14-15,21H,11-13H2,1-2H3/t14-,15-/m1/s1. The first-order valence-electron chi connectivity index (χ1n) is 8.29. The third-order valence-corrected chi connectivity index (χ3v) is 4.05. The van der Waals surface area contributed by atoms with Gasteiger partial charge in [-0.1, -0.05) is 12.1 Å². The molecule has 0 unspecified atom stereocenters. The Hall–Kier alpha value is -2.40. The molecule has 0 radical (unpaired) electrons. The highest BCUT2D eigenvalue weighted by Gasteiger charge is 2.25. The molecule has 5 heteroatoms. The zero-order valence-corrected chi connectivity index (χ0v) is 14.1. The predicted molar refractivity (Wildman–Crippen MR) is 93.0 cm³/mol. The Labute approximate surface area is 142 Å². The molecule has 1 aliphatic heterocycles. The van der Waals surface area contributed by atoms with Crippen molar-refractivity contribution in [3.05, 3.63) is 59.9 Å². The normalized spacial score (nSPS) is 20.7. The third kappa shape index (κ3) is 4.11. The maximum atomic E-state index is 12.7. The summed E-state index contributed by atoms with van der Waals surface area (Å²) in [5.41, 5.74) is 1.67. The number of hydrogen-bond acceptors (Lipinski definition) is 4. The Balaban J connectivity index is 1.67. The lowest BCUT2D eigenvalue weighted by Gasteiger charge is -2.36. The highest BCUT2D eigenvalue weighted by Crippen LogP contribution is 2.18. The van der Waals surface area contributed by atoms with Crippen LogP contribution in [0.3, 0.4) is 0 Å². The molecule has 2 heterocycles. The van der Waals surface area contributed by atoms with Crippen LogP contribution in [-0.2, 0) is 6.61 Å². The van der Waals surface area contributed by atoms with Gasteiger partial charge in [-0.3, -0.25) is 9.78 Å². The van der Waals surface area contributed by atoms with Crippen LogP contribution in [0, 0.1) is 0 Å². The molecule has 0 saturated carbocycles. The van der Waals surface area contributed by atoms with E-state index < -0.39 is 0 Å². The average Bonchev–Trinajstić information content (AvgIpc) is 2.59. The highest BCUT2D eigenvalue weighted by atomic mass is 16.5. The fourth-order valence-corrected chi connectivity index (χ4v) is 3.04. The van der Waals surface area contributed by atoms with Crippen molar-refractivity contribution in [1.82, 2.24) is 15.2 Å². The quantitative estimate of drug-likeness (QED) is 0.938. The molecule has 0 aliphatic carbocycles. The molecule has 3 rings (SSSR count). The van der Waals surface area contributed by atoms with E-state index in [1.165, 1.54) is 0 Å². The smallest absolute Gasteiger partial charge is 0.254 e. The Morgan fingerprint density at radius 2 is 2.04 bits per heavy atom. The second-order valence-corrected chi connectivity index (χ2v) is 6.36. The van der Waals surface area contributed by atoms with Crippen LogP contribution in [0.15, 0.2) is 48.8 Å². The van der Waals surface area contributed by atoms with Crippen molar-refractivity contribution in [2.45, 2.75) is 32.5 Å². The Morgan fingerprint density at radius 1 is 1.25 bits per heavy atom. The lowest BCUT2D eigenvalue weighted by molar-refractivity contribution is 0.0673. The van der Waals surface area contributed by atoms with Gasteiger partial charge in [-0.05, 0) is 38.1 Å². The molecule has 1 aliphatic rings. The molecule has 1 saturated heterocycles. The van der Waals surface area contributed by atoms with E-state index in [0.717, 1.165) is 18.7 Å². The number of benzene rings is 1. The summed E-state index contributed by atoms with van der Waals surface area (Å²) in [6, 6.07) is 11.9. The summed E-state index contributed by atoms with van der Waals surface area (Å²) in [4.78, 5) is 18.7. The maximum Gasteiger partial charge on any atom is 0.254 e. The molecule has 0 spiro atoms. The monoisotopic (exact) mass is 325 g/mol. The van der Waals surface area contributed by atoms with Gasteiger partial charge in [0, 0.05) is 48.7 Å². The zero-order valence-electron chi connectivity index (χ0n) is 14.1. The minimum atomic E-state index is 0.0574. The molecule has 5 nitrogen and oxygen atoms in total. The molecule has 2 aromatic rings. The largest absolute Gasteiger partial charge is 0.489 e. The summed E-state index contributed by atoms with van der Waals surface area (Å²) in [5.74, 6) is 0.753. The van der Waals surface area contributed by atoms with Crippen molar-refractivity contribution in [3.8, 4) is 5.75 Å². The van der Waals surface area contributed by atoms with Gasteiger partial charge < -0.3 is 15.0 Å². The van der Waals surface area contributed by atoms with Gasteiger partial charge in [0.15, 0.2) is 0 Å². The van der Waals surface area contributed by atoms with E-state index in [2.05, 4.69) is 24.1 Å². The van der Waals surface area contributed by atoms with Crippen molar-refractivity contribution >= 4 is 5.91 Å².